The number of aromatic nitrogens is 2. The Bertz CT molecular complexity index is 608. The molecule has 0 saturated carbocycles. The van der Waals surface area contributed by atoms with Crippen molar-refractivity contribution < 1.29 is 9.53 Å². The Kier molecular flexibility index (Phi) is 3.06. The summed E-state index contributed by atoms with van der Waals surface area (Å²) in [5.74, 6) is 0.0926. The Morgan fingerprint density at radius 1 is 1.42 bits per heavy atom. The fourth-order valence-electron chi connectivity index (χ4n) is 2.58. The second kappa shape index (κ2) is 4.61. The number of rotatable bonds is 1. The van der Waals surface area contributed by atoms with Gasteiger partial charge in [0.1, 0.15) is 4.88 Å². The molecule has 1 fully saturated rings. The van der Waals surface area contributed by atoms with Crippen LogP contribution in [0.1, 0.15) is 29.2 Å². The van der Waals surface area contributed by atoms with E-state index in [4.69, 9.17) is 4.74 Å². The van der Waals surface area contributed by atoms with Gasteiger partial charge in [0.2, 0.25) is 0 Å². The van der Waals surface area contributed by atoms with Crippen molar-refractivity contribution in [2.45, 2.75) is 33.0 Å². The Morgan fingerprint density at radius 3 is 2.74 bits per heavy atom. The van der Waals surface area contributed by atoms with Crippen LogP contribution in [-0.2, 0) is 4.74 Å². The van der Waals surface area contributed by atoms with E-state index in [1.807, 2.05) is 36.3 Å². The fourth-order valence-corrected chi connectivity index (χ4v) is 3.64. The minimum atomic E-state index is 0.0926. The molecule has 1 aliphatic rings. The first kappa shape index (κ1) is 12.6. The summed E-state index contributed by atoms with van der Waals surface area (Å²) in [5.41, 5.74) is 0.967. The van der Waals surface area contributed by atoms with E-state index < -0.39 is 0 Å². The number of hydrogen-bond acceptors (Lipinski definition) is 4. The van der Waals surface area contributed by atoms with Crippen molar-refractivity contribution >= 4 is 22.2 Å². The highest BCUT2D eigenvalue weighted by atomic mass is 32.1. The number of fused-ring (bicyclic) bond motifs is 1. The van der Waals surface area contributed by atoms with Gasteiger partial charge < -0.3 is 9.64 Å². The van der Waals surface area contributed by atoms with Gasteiger partial charge in [-0.3, -0.25) is 9.20 Å². The van der Waals surface area contributed by atoms with Gasteiger partial charge in [0.15, 0.2) is 4.96 Å². The van der Waals surface area contributed by atoms with Gasteiger partial charge in [-0.25, -0.2) is 4.98 Å². The lowest BCUT2D eigenvalue weighted by Crippen LogP contribution is -2.48. The fraction of sp³-hybridized carbons (Fsp3) is 0.538. The summed E-state index contributed by atoms with van der Waals surface area (Å²) in [4.78, 5) is 20.4. The second-order valence-corrected chi connectivity index (χ2v) is 6.04. The van der Waals surface area contributed by atoms with E-state index in [0.717, 1.165) is 15.5 Å². The van der Waals surface area contributed by atoms with E-state index >= 15 is 0 Å². The number of amides is 1. The molecule has 0 N–H and O–H groups in total. The molecule has 102 valence electrons. The zero-order valence-electron chi connectivity index (χ0n) is 11.3. The molecular formula is C13H17N3O2S. The molecular weight excluding hydrogens is 262 g/mol. The van der Waals surface area contributed by atoms with Gasteiger partial charge >= 0.3 is 0 Å². The van der Waals surface area contributed by atoms with Crippen LogP contribution in [0.2, 0.25) is 0 Å². The van der Waals surface area contributed by atoms with Gasteiger partial charge in [-0.05, 0) is 20.8 Å². The van der Waals surface area contributed by atoms with Crippen LogP contribution < -0.4 is 0 Å². The Hall–Kier alpha value is -1.40. The molecule has 1 aliphatic heterocycles. The molecule has 2 aromatic heterocycles. The maximum atomic E-state index is 12.6. The normalized spacial score (nSPS) is 24.1. The summed E-state index contributed by atoms with van der Waals surface area (Å²) in [7, 11) is 0. The zero-order chi connectivity index (χ0) is 13.6. The summed E-state index contributed by atoms with van der Waals surface area (Å²) in [6, 6.07) is 0. The number of morpholine rings is 1. The monoisotopic (exact) mass is 279 g/mol. The van der Waals surface area contributed by atoms with Gasteiger partial charge in [-0.15, -0.1) is 0 Å². The summed E-state index contributed by atoms with van der Waals surface area (Å²) in [5, 5.41) is 0. The van der Waals surface area contributed by atoms with Crippen LogP contribution in [0.5, 0.6) is 0 Å². The molecule has 2 aromatic rings. The van der Waals surface area contributed by atoms with Crippen molar-refractivity contribution in [3.8, 4) is 0 Å². The van der Waals surface area contributed by atoms with Crippen molar-refractivity contribution in [3.63, 3.8) is 0 Å². The maximum Gasteiger partial charge on any atom is 0.266 e. The lowest BCUT2D eigenvalue weighted by Gasteiger charge is -2.35. The highest BCUT2D eigenvalue weighted by Gasteiger charge is 2.29. The summed E-state index contributed by atoms with van der Waals surface area (Å²) >= 11 is 1.45. The average Bonchev–Trinajstić information content (AvgIpc) is 2.91. The molecule has 0 aliphatic carbocycles. The minimum absolute atomic E-state index is 0.0926. The number of thiazole rings is 1. The third-order valence-corrected chi connectivity index (χ3v) is 4.55. The van der Waals surface area contributed by atoms with E-state index in [2.05, 4.69) is 4.98 Å². The van der Waals surface area contributed by atoms with Crippen LogP contribution in [0.3, 0.4) is 0 Å². The first-order valence-electron chi connectivity index (χ1n) is 6.43. The summed E-state index contributed by atoms with van der Waals surface area (Å²) in [6.45, 7) is 7.28. The molecule has 0 aromatic carbocycles. The number of carbonyl (C=O) groups excluding carboxylic acids is 1. The van der Waals surface area contributed by atoms with E-state index in [1.165, 1.54) is 11.3 Å². The maximum absolute atomic E-state index is 12.6. The van der Waals surface area contributed by atoms with Gasteiger partial charge in [-0.1, -0.05) is 11.3 Å². The van der Waals surface area contributed by atoms with Gasteiger partial charge in [0, 0.05) is 31.2 Å². The van der Waals surface area contributed by atoms with Gasteiger partial charge in [0.05, 0.1) is 12.2 Å². The summed E-state index contributed by atoms with van der Waals surface area (Å²) in [6.07, 6.45) is 3.84. The van der Waals surface area contributed by atoms with E-state index in [1.54, 1.807) is 6.20 Å². The lowest BCUT2D eigenvalue weighted by atomic mass is 10.2. The SMILES string of the molecule is Cc1c(C(=O)N2C[C@@H](C)O[C@@H](C)C2)sc2nccn12. The van der Waals surface area contributed by atoms with Crippen LogP contribution >= 0.6 is 11.3 Å². The standard InChI is InChI=1S/C13H17N3O2S/c1-8-6-15(7-9(2)18-8)12(17)11-10(3)16-5-4-14-13(16)19-11/h4-5,8-9H,6-7H2,1-3H3/t8-,9+. The highest BCUT2D eigenvalue weighted by Crippen LogP contribution is 2.24. The average molecular weight is 279 g/mol. The van der Waals surface area contributed by atoms with Crippen LogP contribution in [0.15, 0.2) is 12.4 Å². The molecule has 2 atom stereocenters. The molecule has 5 nitrogen and oxygen atoms in total. The van der Waals surface area contributed by atoms with Crippen LogP contribution in [0.4, 0.5) is 0 Å². The number of aryl methyl sites for hydroxylation is 1. The van der Waals surface area contributed by atoms with Crippen molar-refractivity contribution in [2.24, 2.45) is 0 Å². The lowest BCUT2D eigenvalue weighted by molar-refractivity contribution is -0.0585. The molecule has 6 heteroatoms. The number of nitrogens with zero attached hydrogens (tertiary/aromatic N) is 3. The molecule has 0 bridgehead atoms. The third kappa shape index (κ3) is 2.15. The van der Waals surface area contributed by atoms with Crippen LogP contribution in [0.25, 0.3) is 4.96 Å². The smallest absolute Gasteiger partial charge is 0.266 e. The molecule has 1 amide bonds. The molecule has 3 heterocycles. The first-order chi connectivity index (χ1) is 9.06. The van der Waals surface area contributed by atoms with Gasteiger partial charge in [0.25, 0.3) is 5.91 Å². The molecule has 0 radical (unpaired) electrons. The third-order valence-electron chi connectivity index (χ3n) is 3.39. The Balaban J connectivity index is 1.90. The molecule has 19 heavy (non-hydrogen) atoms. The van der Waals surface area contributed by atoms with Crippen LogP contribution in [0, 0.1) is 6.92 Å². The Labute approximate surface area is 115 Å². The zero-order valence-corrected chi connectivity index (χ0v) is 12.1. The van der Waals surface area contributed by atoms with Crippen molar-refractivity contribution in [3.05, 3.63) is 23.0 Å². The van der Waals surface area contributed by atoms with E-state index in [-0.39, 0.29) is 18.1 Å². The predicted octanol–water partition coefficient (Wildman–Crippen LogP) is 1.95. The molecule has 1 saturated heterocycles. The summed E-state index contributed by atoms with van der Waals surface area (Å²) < 4.78 is 7.63. The number of hydrogen-bond donors (Lipinski definition) is 0. The minimum Gasteiger partial charge on any atom is -0.372 e. The van der Waals surface area contributed by atoms with E-state index in [0.29, 0.717) is 13.1 Å². The van der Waals surface area contributed by atoms with Crippen molar-refractivity contribution in [1.82, 2.24) is 14.3 Å². The number of ether oxygens (including phenoxy) is 1. The highest BCUT2D eigenvalue weighted by molar-refractivity contribution is 7.19. The number of imidazole rings is 1. The van der Waals surface area contributed by atoms with Crippen molar-refractivity contribution in [2.75, 3.05) is 13.1 Å². The topological polar surface area (TPSA) is 46.8 Å². The van der Waals surface area contributed by atoms with Gasteiger partial charge in [-0.2, -0.15) is 0 Å². The van der Waals surface area contributed by atoms with E-state index in [9.17, 15) is 4.79 Å². The van der Waals surface area contributed by atoms with Crippen LogP contribution in [-0.4, -0.2) is 45.5 Å². The molecule has 0 unspecified atom stereocenters. The van der Waals surface area contributed by atoms with Crippen molar-refractivity contribution in [1.29, 1.82) is 0 Å². The predicted molar refractivity (Wildman–Crippen MR) is 73.7 cm³/mol. The molecule has 0 spiro atoms. The molecule has 3 rings (SSSR count). The largest absolute Gasteiger partial charge is 0.372 e. The number of carbonyl (C=O) groups is 1. The first-order valence-corrected chi connectivity index (χ1v) is 7.25. The second-order valence-electron chi connectivity index (χ2n) is 5.06. The Morgan fingerprint density at radius 2 is 2.11 bits per heavy atom. The quantitative estimate of drug-likeness (QED) is 0.801.